The van der Waals surface area contributed by atoms with Gasteiger partial charge in [-0.2, -0.15) is 0 Å². The minimum atomic E-state index is -1.12. The van der Waals surface area contributed by atoms with E-state index in [1.54, 1.807) is 13.8 Å². The summed E-state index contributed by atoms with van der Waals surface area (Å²) in [6.07, 6.45) is 2.19. The summed E-state index contributed by atoms with van der Waals surface area (Å²) in [5.41, 5.74) is 5.39. The summed E-state index contributed by atoms with van der Waals surface area (Å²) in [5.74, 6) is -2.54. The first-order valence-electron chi connectivity index (χ1n) is 8.59. The molecule has 0 aromatic rings. The number of hydrogen-bond acceptors (Lipinski definition) is 5. The molecular weight excluding hydrogens is 328 g/mol. The lowest BCUT2D eigenvalue weighted by Crippen LogP contribution is -2.56. The fraction of sp³-hybridized carbons (Fsp3) is 0.750. The third-order valence-electron chi connectivity index (χ3n) is 4.12. The van der Waals surface area contributed by atoms with E-state index in [-0.39, 0.29) is 24.7 Å². The molecule has 3 amide bonds. The quantitative estimate of drug-likeness (QED) is 0.320. The van der Waals surface area contributed by atoms with E-state index in [0.717, 1.165) is 0 Å². The highest BCUT2D eigenvalue weighted by Crippen LogP contribution is 2.10. The number of carbonyl (C=O) groups excluding carboxylic acids is 3. The molecule has 1 rings (SSSR count). The third kappa shape index (κ3) is 6.69. The summed E-state index contributed by atoms with van der Waals surface area (Å²) in [4.78, 5) is 47.2. The molecule has 9 nitrogen and oxygen atoms in total. The first-order chi connectivity index (χ1) is 11.8. The third-order valence-corrected chi connectivity index (χ3v) is 4.12. The maximum atomic E-state index is 12.4. The molecule has 0 spiro atoms. The van der Waals surface area contributed by atoms with E-state index in [1.165, 1.54) is 0 Å². The van der Waals surface area contributed by atoms with Crippen LogP contribution in [0.3, 0.4) is 0 Å². The Kier molecular flexibility index (Phi) is 8.33. The predicted octanol–water partition coefficient (Wildman–Crippen LogP) is -0.896. The van der Waals surface area contributed by atoms with Crippen molar-refractivity contribution in [2.75, 3.05) is 6.54 Å². The van der Waals surface area contributed by atoms with Crippen LogP contribution < -0.4 is 21.7 Å². The summed E-state index contributed by atoms with van der Waals surface area (Å²) in [6, 6.07) is -2.55. The van der Waals surface area contributed by atoms with Gasteiger partial charge in [-0.05, 0) is 38.1 Å². The van der Waals surface area contributed by atoms with Crippen LogP contribution in [0.15, 0.2) is 0 Å². The summed E-state index contributed by atoms with van der Waals surface area (Å²) in [6.45, 7) is 3.96. The van der Waals surface area contributed by atoms with Gasteiger partial charge in [0.15, 0.2) is 0 Å². The number of aliphatic carboxylic acids is 1. The van der Waals surface area contributed by atoms with Crippen molar-refractivity contribution in [1.82, 2.24) is 16.0 Å². The Bertz CT molecular complexity index is 509. The SMILES string of the molecule is CC(C)C(NC(=O)C1CCC(=O)N1)C(=O)NC(CCCCN)C(=O)O. The Morgan fingerprint density at radius 3 is 2.44 bits per heavy atom. The minimum Gasteiger partial charge on any atom is -0.480 e. The average molecular weight is 356 g/mol. The monoisotopic (exact) mass is 356 g/mol. The topological polar surface area (TPSA) is 151 Å². The second-order valence-electron chi connectivity index (χ2n) is 6.57. The molecule has 1 fully saturated rings. The molecule has 0 aromatic carbocycles. The van der Waals surface area contributed by atoms with Crippen LogP contribution >= 0.6 is 0 Å². The Balaban J connectivity index is 2.66. The molecule has 0 saturated carbocycles. The van der Waals surface area contributed by atoms with Crippen LogP contribution in [0.2, 0.25) is 0 Å². The van der Waals surface area contributed by atoms with E-state index in [2.05, 4.69) is 16.0 Å². The largest absolute Gasteiger partial charge is 0.480 e. The van der Waals surface area contributed by atoms with Crippen LogP contribution in [-0.2, 0) is 19.2 Å². The number of nitrogens with one attached hydrogen (secondary N) is 3. The van der Waals surface area contributed by atoms with Crippen molar-refractivity contribution in [2.24, 2.45) is 11.7 Å². The van der Waals surface area contributed by atoms with Crippen LogP contribution in [0.5, 0.6) is 0 Å². The molecule has 25 heavy (non-hydrogen) atoms. The molecule has 3 unspecified atom stereocenters. The summed E-state index contributed by atoms with van der Waals surface area (Å²) in [7, 11) is 0. The second-order valence-corrected chi connectivity index (χ2v) is 6.57. The van der Waals surface area contributed by atoms with Gasteiger partial charge in [0.2, 0.25) is 17.7 Å². The summed E-state index contributed by atoms with van der Waals surface area (Å²) in [5, 5.41) is 16.9. The van der Waals surface area contributed by atoms with Gasteiger partial charge in [-0.3, -0.25) is 14.4 Å². The van der Waals surface area contributed by atoms with Gasteiger partial charge >= 0.3 is 5.97 Å². The molecular formula is C16H28N4O5. The van der Waals surface area contributed by atoms with Crippen LogP contribution in [0.1, 0.15) is 46.0 Å². The van der Waals surface area contributed by atoms with Gasteiger partial charge in [0.25, 0.3) is 0 Å². The smallest absolute Gasteiger partial charge is 0.326 e. The Morgan fingerprint density at radius 1 is 1.28 bits per heavy atom. The van der Waals surface area contributed by atoms with Gasteiger partial charge in [-0.15, -0.1) is 0 Å². The van der Waals surface area contributed by atoms with Crippen LogP contribution in [-0.4, -0.2) is 53.5 Å². The normalized spacial score (nSPS) is 19.2. The van der Waals surface area contributed by atoms with Crippen molar-refractivity contribution in [1.29, 1.82) is 0 Å². The number of hydrogen-bond donors (Lipinski definition) is 5. The molecule has 0 radical (unpaired) electrons. The number of carboxylic acid groups (broad SMARTS) is 1. The minimum absolute atomic E-state index is 0.198. The first-order valence-corrected chi connectivity index (χ1v) is 8.59. The second kappa shape index (κ2) is 9.97. The summed E-state index contributed by atoms with van der Waals surface area (Å²) >= 11 is 0. The van der Waals surface area contributed by atoms with Gasteiger partial charge in [-0.25, -0.2) is 4.79 Å². The van der Waals surface area contributed by atoms with Gasteiger partial charge in [0, 0.05) is 6.42 Å². The van der Waals surface area contributed by atoms with Crippen LogP contribution in [0.4, 0.5) is 0 Å². The molecule has 9 heteroatoms. The maximum Gasteiger partial charge on any atom is 0.326 e. The summed E-state index contributed by atoms with van der Waals surface area (Å²) < 4.78 is 0. The number of unbranched alkanes of at least 4 members (excludes halogenated alkanes) is 1. The zero-order valence-electron chi connectivity index (χ0n) is 14.7. The van der Waals surface area contributed by atoms with Crippen LogP contribution in [0, 0.1) is 5.92 Å². The number of rotatable bonds is 10. The lowest BCUT2D eigenvalue weighted by Gasteiger charge is -2.25. The Hall–Kier alpha value is -2.16. The van der Waals surface area contributed by atoms with Crippen molar-refractivity contribution in [3.05, 3.63) is 0 Å². The zero-order valence-corrected chi connectivity index (χ0v) is 14.7. The van der Waals surface area contributed by atoms with Crippen molar-refractivity contribution in [2.45, 2.75) is 64.1 Å². The van der Waals surface area contributed by atoms with E-state index in [0.29, 0.717) is 25.8 Å². The zero-order chi connectivity index (χ0) is 19.0. The molecule has 1 aliphatic rings. The van der Waals surface area contributed by atoms with E-state index in [1.807, 2.05) is 0 Å². The first kappa shape index (κ1) is 20.9. The molecule has 3 atom stereocenters. The average Bonchev–Trinajstić information content (AvgIpc) is 2.97. The van der Waals surface area contributed by atoms with Crippen molar-refractivity contribution >= 4 is 23.7 Å². The molecule has 1 saturated heterocycles. The van der Waals surface area contributed by atoms with Crippen molar-refractivity contribution in [3.63, 3.8) is 0 Å². The highest BCUT2D eigenvalue weighted by atomic mass is 16.4. The number of nitrogens with two attached hydrogens (primary N) is 1. The molecule has 0 aromatic heterocycles. The van der Waals surface area contributed by atoms with E-state index < -0.39 is 35.9 Å². The molecule has 0 aliphatic carbocycles. The van der Waals surface area contributed by atoms with E-state index in [9.17, 15) is 24.3 Å². The van der Waals surface area contributed by atoms with Gasteiger partial charge < -0.3 is 26.8 Å². The number of carbonyl (C=O) groups is 4. The number of carboxylic acids is 1. The van der Waals surface area contributed by atoms with E-state index in [4.69, 9.17) is 5.73 Å². The molecule has 1 heterocycles. The Labute approximate surface area is 147 Å². The fourth-order valence-corrected chi connectivity index (χ4v) is 2.61. The van der Waals surface area contributed by atoms with E-state index >= 15 is 0 Å². The maximum absolute atomic E-state index is 12.4. The molecule has 142 valence electrons. The van der Waals surface area contributed by atoms with Crippen molar-refractivity contribution in [3.8, 4) is 0 Å². The van der Waals surface area contributed by atoms with Gasteiger partial charge in [0.1, 0.15) is 18.1 Å². The van der Waals surface area contributed by atoms with Gasteiger partial charge in [-0.1, -0.05) is 13.8 Å². The van der Waals surface area contributed by atoms with Crippen LogP contribution in [0.25, 0.3) is 0 Å². The molecule has 0 bridgehead atoms. The lowest BCUT2D eigenvalue weighted by molar-refractivity contribution is -0.142. The molecule has 6 N–H and O–H groups in total. The highest BCUT2D eigenvalue weighted by Gasteiger charge is 2.33. The van der Waals surface area contributed by atoms with Crippen molar-refractivity contribution < 1.29 is 24.3 Å². The molecule has 1 aliphatic heterocycles. The lowest BCUT2D eigenvalue weighted by atomic mass is 10.0. The fourth-order valence-electron chi connectivity index (χ4n) is 2.61. The predicted molar refractivity (Wildman–Crippen MR) is 90.4 cm³/mol. The standard InChI is InChI=1S/C16H28N4O5/c1-9(2)13(20-14(22)10-6-7-12(21)18-10)15(23)19-11(16(24)25)5-3-4-8-17/h9-11,13H,3-8,17H2,1-2H3,(H,18,21)(H,19,23)(H,20,22)(H,24,25). The number of amides is 3. The highest BCUT2D eigenvalue weighted by molar-refractivity contribution is 5.94. The Morgan fingerprint density at radius 2 is 1.96 bits per heavy atom. The van der Waals surface area contributed by atoms with Gasteiger partial charge in [0.05, 0.1) is 0 Å².